The Hall–Kier alpha value is -2.03. The number of anilines is 1. The molecule has 2 aliphatic heterocycles. The SMILES string of the molecule is COc1ccc(OC)c(NC(=O)N2CCN(CCN3CCOCC3)CC2)c1. The molecule has 0 saturated carbocycles. The zero-order valence-electron chi connectivity index (χ0n) is 16.3. The lowest BCUT2D eigenvalue weighted by molar-refractivity contribution is 0.0311. The lowest BCUT2D eigenvalue weighted by Gasteiger charge is -2.36. The Morgan fingerprint density at radius 2 is 1.67 bits per heavy atom. The molecule has 150 valence electrons. The maximum absolute atomic E-state index is 12.6. The highest BCUT2D eigenvalue weighted by molar-refractivity contribution is 5.91. The van der Waals surface area contributed by atoms with Crippen molar-refractivity contribution >= 4 is 11.7 Å². The van der Waals surface area contributed by atoms with Crippen molar-refractivity contribution < 1.29 is 19.0 Å². The smallest absolute Gasteiger partial charge is 0.322 e. The Balaban J connectivity index is 1.45. The molecular weight excluding hydrogens is 348 g/mol. The van der Waals surface area contributed by atoms with Crippen molar-refractivity contribution in [1.82, 2.24) is 14.7 Å². The highest BCUT2D eigenvalue weighted by Gasteiger charge is 2.22. The predicted octanol–water partition coefficient (Wildman–Crippen LogP) is 1.19. The number of ether oxygens (including phenoxy) is 3. The summed E-state index contributed by atoms with van der Waals surface area (Å²) in [6.07, 6.45) is 0. The second-order valence-electron chi connectivity index (χ2n) is 6.78. The van der Waals surface area contributed by atoms with E-state index in [0.717, 1.165) is 65.6 Å². The van der Waals surface area contributed by atoms with E-state index in [1.54, 1.807) is 26.4 Å². The molecule has 0 spiro atoms. The first-order chi connectivity index (χ1) is 13.2. The van der Waals surface area contributed by atoms with Gasteiger partial charge in [0.25, 0.3) is 0 Å². The Morgan fingerprint density at radius 1 is 1.00 bits per heavy atom. The third kappa shape index (κ3) is 5.47. The van der Waals surface area contributed by atoms with Crippen LogP contribution < -0.4 is 14.8 Å². The normalized spacial score (nSPS) is 19.0. The van der Waals surface area contributed by atoms with Crippen LogP contribution in [0.1, 0.15) is 0 Å². The Labute approximate surface area is 160 Å². The van der Waals surface area contributed by atoms with Crippen LogP contribution in [0, 0.1) is 0 Å². The summed E-state index contributed by atoms with van der Waals surface area (Å²) in [6, 6.07) is 5.27. The second kappa shape index (κ2) is 9.77. The predicted molar refractivity (Wildman–Crippen MR) is 104 cm³/mol. The lowest BCUT2D eigenvalue weighted by atomic mass is 10.2. The van der Waals surface area contributed by atoms with Crippen molar-refractivity contribution in [3.8, 4) is 11.5 Å². The number of amides is 2. The topological polar surface area (TPSA) is 66.5 Å². The van der Waals surface area contributed by atoms with Gasteiger partial charge in [-0.15, -0.1) is 0 Å². The van der Waals surface area contributed by atoms with Crippen molar-refractivity contribution in [2.45, 2.75) is 0 Å². The summed E-state index contributed by atoms with van der Waals surface area (Å²) >= 11 is 0. The van der Waals surface area contributed by atoms with Crippen molar-refractivity contribution in [2.24, 2.45) is 0 Å². The number of methoxy groups -OCH3 is 2. The van der Waals surface area contributed by atoms with Gasteiger partial charge in [-0.3, -0.25) is 9.80 Å². The van der Waals surface area contributed by atoms with Crippen LogP contribution in [0.15, 0.2) is 18.2 Å². The van der Waals surface area contributed by atoms with E-state index < -0.39 is 0 Å². The molecule has 2 heterocycles. The standard InChI is InChI=1S/C19H30N4O4/c1-25-16-3-4-18(26-2)17(15-16)20-19(24)23-9-7-21(8-10-23)5-6-22-11-13-27-14-12-22/h3-4,15H,5-14H2,1-2H3,(H,20,24). The van der Waals surface area contributed by atoms with Crippen molar-refractivity contribution in [1.29, 1.82) is 0 Å². The van der Waals surface area contributed by atoms with E-state index in [9.17, 15) is 4.79 Å². The van der Waals surface area contributed by atoms with Crippen LogP contribution in [0.2, 0.25) is 0 Å². The molecule has 1 aromatic carbocycles. The highest BCUT2D eigenvalue weighted by Crippen LogP contribution is 2.29. The third-order valence-corrected chi connectivity index (χ3v) is 5.14. The number of piperazine rings is 1. The molecule has 8 heteroatoms. The second-order valence-corrected chi connectivity index (χ2v) is 6.78. The molecule has 0 unspecified atom stereocenters. The largest absolute Gasteiger partial charge is 0.497 e. The minimum Gasteiger partial charge on any atom is -0.497 e. The van der Waals surface area contributed by atoms with E-state index >= 15 is 0 Å². The number of nitrogens with one attached hydrogen (secondary N) is 1. The van der Waals surface area contributed by atoms with Gasteiger partial charge >= 0.3 is 6.03 Å². The average molecular weight is 378 g/mol. The molecule has 1 N–H and O–H groups in total. The van der Waals surface area contributed by atoms with E-state index in [1.165, 1.54) is 0 Å². The molecule has 2 fully saturated rings. The number of carbonyl (C=O) groups is 1. The summed E-state index contributed by atoms with van der Waals surface area (Å²) in [6.45, 7) is 9.05. The van der Waals surface area contributed by atoms with Gasteiger partial charge in [0.2, 0.25) is 0 Å². The maximum Gasteiger partial charge on any atom is 0.322 e. The van der Waals surface area contributed by atoms with Gasteiger partial charge in [-0.05, 0) is 12.1 Å². The highest BCUT2D eigenvalue weighted by atomic mass is 16.5. The molecule has 2 saturated heterocycles. The van der Waals surface area contributed by atoms with E-state index in [-0.39, 0.29) is 6.03 Å². The van der Waals surface area contributed by atoms with Crippen LogP contribution in [0.25, 0.3) is 0 Å². The van der Waals surface area contributed by atoms with Gasteiger partial charge in [0.15, 0.2) is 0 Å². The van der Waals surface area contributed by atoms with E-state index in [0.29, 0.717) is 17.2 Å². The number of hydrogen-bond donors (Lipinski definition) is 1. The van der Waals surface area contributed by atoms with Crippen molar-refractivity contribution in [3.63, 3.8) is 0 Å². The fourth-order valence-corrected chi connectivity index (χ4v) is 3.39. The molecule has 3 rings (SSSR count). The molecule has 8 nitrogen and oxygen atoms in total. The number of rotatable bonds is 6. The van der Waals surface area contributed by atoms with Crippen molar-refractivity contribution in [3.05, 3.63) is 18.2 Å². The average Bonchev–Trinajstić information content (AvgIpc) is 2.73. The molecule has 27 heavy (non-hydrogen) atoms. The number of carbonyl (C=O) groups excluding carboxylic acids is 1. The van der Waals surface area contributed by atoms with Crippen molar-refractivity contribution in [2.75, 3.05) is 85.1 Å². The monoisotopic (exact) mass is 378 g/mol. The Kier molecular flexibility index (Phi) is 7.14. The van der Waals surface area contributed by atoms with E-state index in [4.69, 9.17) is 14.2 Å². The molecule has 2 amide bonds. The zero-order chi connectivity index (χ0) is 19.1. The van der Waals surface area contributed by atoms with Crippen LogP contribution in [0.4, 0.5) is 10.5 Å². The van der Waals surface area contributed by atoms with Gasteiger partial charge in [0, 0.05) is 58.4 Å². The van der Waals surface area contributed by atoms with E-state index in [1.807, 2.05) is 11.0 Å². The van der Waals surface area contributed by atoms with Gasteiger partial charge in [0.1, 0.15) is 11.5 Å². The number of urea groups is 1. The first-order valence-electron chi connectivity index (χ1n) is 9.50. The summed E-state index contributed by atoms with van der Waals surface area (Å²) in [4.78, 5) is 19.3. The van der Waals surface area contributed by atoms with Gasteiger partial charge < -0.3 is 24.4 Å². The van der Waals surface area contributed by atoms with Crippen LogP contribution in [-0.2, 0) is 4.74 Å². The molecule has 0 bridgehead atoms. The minimum absolute atomic E-state index is 0.102. The number of morpholine rings is 1. The Bertz CT molecular complexity index is 614. The first-order valence-corrected chi connectivity index (χ1v) is 9.50. The van der Waals surface area contributed by atoms with Gasteiger partial charge in [-0.1, -0.05) is 0 Å². The molecule has 0 atom stereocenters. The van der Waals surface area contributed by atoms with Crippen LogP contribution in [0.5, 0.6) is 11.5 Å². The van der Waals surface area contributed by atoms with Gasteiger partial charge in [-0.2, -0.15) is 0 Å². The number of benzene rings is 1. The fraction of sp³-hybridized carbons (Fsp3) is 0.632. The summed E-state index contributed by atoms with van der Waals surface area (Å²) in [7, 11) is 3.19. The fourth-order valence-electron chi connectivity index (χ4n) is 3.39. The molecule has 0 aliphatic carbocycles. The molecule has 0 aromatic heterocycles. The first kappa shape index (κ1) is 19.7. The quantitative estimate of drug-likeness (QED) is 0.802. The van der Waals surface area contributed by atoms with Crippen LogP contribution in [-0.4, -0.2) is 101 Å². The van der Waals surface area contributed by atoms with Gasteiger partial charge in [0.05, 0.1) is 33.1 Å². The molecule has 2 aliphatic rings. The number of hydrogen-bond acceptors (Lipinski definition) is 6. The minimum atomic E-state index is -0.102. The van der Waals surface area contributed by atoms with Gasteiger partial charge in [-0.25, -0.2) is 4.79 Å². The number of nitrogens with zero attached hydrogens (tertiary/aromatic N) is 3. The molecule has 1 aromatic rings. The Morgan fingerprint density at radius 3 is 2.30 bits per heavy atom. The third-order valence-electron chi connectivity index (χ3n) is 5.14. The van der Waals surface area contributed by atoms with E-state index in [2.05, 4.69) is 15.1 Å². The maximum atomic E-state index is 12.6. The summed E-state index contributed by atoms with van der Waals surface area (Å²) < 4.78 is 16.0. The zero-order valence-corrected chi connectivity index (χ0v) is 16.3. The lowest BCUT2D eigenvalue weighted by Crippen LogP contribution is -2.51. The van der Waals surface area contributed by atoms with Crippen LogP contribution in [0.3, 0.4) is 0 Å². The summed E-state index contributed by atoms with van der Waals surface area (Å²) in [5.41, 5.74) is 0.622. The molecule has 0 radical (unpaired) electrons. The molecular formula is C19H30N4O4. The summed E-state index contributed by atoms with van der Waals surface area (Å²) in [5, 5.41) is 2.95. The summed E-state index contributed by atoms with van der Waals surface area (Å²) in [5.74, 6) is 1.30. The van der Waals surface area contributed by atoms with Crippen LogP contribution >= 0.6 is 0 Å².